The van der Waals surface area contributed by atoms with Gasteiger partial charge in [0.05, 0.1) is 36.1 Å². The minimum atomic E-state index is -0.405. The molecule has 0 spiro atoms. The zero-order valence-electron chi connectivity index (χ0n) is 9.95. The number of halogens is 1. The van der Waals surface area contributed by atoms with Crippen LogP contribution in [0.5, 0.6) is 0 Å². The molecule has 0 aliphatic rings. The molecule has 7 heteroatoms. The first-order valence-corrected chi connectivity index (χ1v) is 5.82. The van der Waals surface area contributed by atoms with E-state index in [9.17, 15) is 0 Å². The van der Waals surface area contributed by atoms with E-state index in [-0.39, 0.29) is 0 Å². The predicted molar refractivity (Wildman–Crippen MR) is 67.2 cm³/mol. The Balaban J connectivity index is 2.29. The SMILES string of the molecule is COCCn1ncc(Cl)c1C(N)c1cncnc1. The minimum Gasteiger partial charge on any atom is -0.383 e. The van der Waals surface area contributed by atoms with Gasteiger partial charge >= 0.3 is 0 Å². The van der Waals surface area contributed by atoms with Gasteiger partial charge in [-0.15, -0.1) is 0 Å². The van der Waals surface area contributed by atoms with Gasteiger partial charge in [-0.1, -0.05) is 11.6 Å². The van der Waals surface area contributed by atoms with Gasteiger partial charge < -0.3 is 10.5 Å². The Hall–Kier alpha value is -1.50. The smallest absolute Gasteiger partial charge is 0.115 e. The number of methoxy groups -OCH3 is 1. The molecule has 0 radical (unpaired) electrons. The molecular formula is C11H14ClN5O. The van der Waals surface area contributed by atoms with Crippen molar-refractivity contribution >= 4 is 11.6 Å². The van der Waals surface area contributed by atoms with E-state index in [0.717, 1.165) is 11.3 Å². The molecule has 2 rings (SSSR count). The van der Waals surface area contributed by atoms with Crippen molar-refractivity contribution in [1.29, 1.82) is 0 Å². The number of rotatable bonds is 5. The summed E-state index contributed by atoms with van der Waals surface area (Å²) in [5.74, 6) is 0. The molecule has 2 N–H and O–H groups in total. The molecule has 96 valence electrons. The van der Waals surface area contributed by atoms with Crippen LogP contribution >= 0.6 is 11.6 Å². The highest BCUT2D eigenvalue weighted by atomic mass is 35.5. The van der Waals surface area contributed by atoms with E-state index in [2.05, 4.69) is 15.1 Å². The maximum atomic E-state index is 6.17. The van der Waals surface area contributed by atoms with Crippen molar-refractivity contribution in [2.24, 2.45) is 5.73 Å². The number of nitrogens with zero attached hydrogens (tertiary/aromatic N) is 4. The Morgan fingerprint density at radius 3 is 2.78 bits per heavy atom. The fraction of sp³-hybridized carbons (Fsp3) is 0.364. The summed E-state index contributed by atoms with van der Waals surface area (Å²) in [6, 6.07) is -0.405. The zero-order chi connectivity index (χ0) is 13.0. The molecule has 0 saturated carbocycles. The standard InChI is InChI=1S/C11H14ClN5O/c1-18-3-2-17-11(9(12)6-16-17)10(13)8-4-14-7-15-5-8/h4-7,10H,2-3,13H2,1H3. The predicted octanol–water partition coefficient (Wildman–Crippen LogP) is 1.02. The number of hydrogen-bond acceptors (Lipinski definition) is 5. The maximum Gasteiger partial charge on any atom is 0.115 e. The van der Waals surface area contributed by atoms with Crippen LogP contribution in [0.2, 0.25) is 5.02 Å². The van der Waals surface area contributed by atoms with Crippen molar-refractivity contribution in [3.05, 3.63) is 41.2 Å². The van der Waals surface area contributed by atoms with Crippen LogP contribution in [0.4, 0.5) is 0 Å². The van der Waals surface area contributed by atoms with Crippen molar-refractivity contribution in [2.45, 2.75) is 12.6 Å². The average Bonchev–Trinajstić information content (AvgIpc) is 2.77. The van der Waals surface area contributed by atoms with Gasteiger partial charge in [0, 0.05) is 25.1 Å². The average molecular weight is 268 g/mol. The van der Waals surface area contributed by atoms with Gasteiger partial charge in [-0.05, 0) is 0 Å². The first-order valence-electron chi connectivity index (χ1n) is 5.44. The molecule has 0 saturated heterocycles. The highest BCUT2D eigenvalue weighted by Crippen LogP contribution is 2.25. The molecule has 2 aromatic heterocycles. The van der Waals surface area contributed by atoms with Crippen molar-refractivity contribution in [1.82, 2.24) is 19.7 Å². The lowest BCUT2D eigenvalue weighted by Gasteiger charge is -2.14. The summed E-state index contributed by atoms with van der Waals surface area (Å²) in [6.45, 7) is 1.14. The van der Waals surface area contributed by atoms with Crippen molar-refractivity contribution < 1.29 is 4.74 Å². The van der Waals surface area contributed by atoms with E-state index in [0.29, 0.717) is 18.2 Å². The number of aromatic nitrogens is 4. The fourth-order valence-electron chi connectivity index (χ4n) is 1.67. The summed E-state index contributed by atoms with van der Waals surface area (Å²) >= 11 is 6.12. The number of nitrogens with two attached hydrogens (primary N) is 1. The van der Waals surface area contributed by atoms with Crippen LogP contribution < -0.4 is 5.73 Å². The van der Waals surface area contributed by atoms with Crippen molar-refractivity contribution in [2.75, 3.05) is 13.7 Å². The highest BCUT2D eigenvalue weighted by Gasteiger charge is 2.18. The molecule has 1 atom stereocenters. The summed E-state index contributed by atoms with van der Waals surface area (Å²) in [7, 11) is 1.63. The second-order valence-electron chi connectivity index (χ2n) is 3.74. The molecule has 0 aliphatic heterocycles. The van der Waals surface area contributed by atoms with Crippen LogP contribution in [0.25, 0.3) is 0 Å². The van der Waals surface area contributed by atoms with E-state index in [1.807, 2.05) is 0 Å². The molecule has 0 aliphatic carbocycles. The molecular weight excluding hydrogens is 254 g/mol. The normalized spacial score (nSPS) is 12.6. The van der Waals surface area contributed by atoms with E-state index in [1.54, 1.807) is 30.4 Å². The van der Waals surface area contributed by atoms with Crippen LogP contribution in [-0.4, -0.2) is 33.5 Å². The molecule has 0 amide bonds. The second-order valence-corrected chi connectivity index (χ2v) is 4.15. The maximum absolute atomic E-state index is 6.17. The van der Waals surface area contributed by atoms with Crippen molar-refractivity contribution in [3.8, 4) is 0 Å². The molecule has 2 heterocycles. The lowest BCUT2D eigenvalue weighted by Crippen LogP contribution is -2.19. The molecule has 1 unspecified atom stereocenters. The van der Waals surface area contributed by atoms with Gasteiger partial charge in [0.2, 0.25) is 0 Å². The second kappa shape index (κ2) is 5.90. The summed E-state index contributed by atoms with van der Waals surface area (Å²) in [5, 5.41) is 4.71. The van der Waals surface area contributed by atoms with Gasteiger partial charge in [-0.2, -0.15) is 5.10 Å². The molecule has 18 heavy (non-hydrogen) atoms. The first-order chi connectivity index (χ1) is 8.74. The number of hydrogen-bond donors (Lipinski definition) is 1. The van der Waals surface area contributed by atoms with E-state index >= 15 is 0 Å². The third-order valence-electron chi connectivity index (χ3n) is 2.57. The Morgan fingerprint density at radius 2 is 2.11 bits per heavy atom. The largest absolute Gasteiger partial charge is 0.383 e. The van der Waals surface area contributed by atoms with Gasteiger partial charge in [0.25, 0.3) is 0 Å². The molecule has 0 fully saturated rings. The fourth-order valence-corrected chi connectivity index (χ4v) is 1.92. The van der Waals surface area contributed by atoms with E-state index in [1.165, 1.54) is 6.33 Å². The Labute approximate surface area is 110 Å². The topological polar surface area (TPSA) is 78.9 Å². The summed E-state index contributed by atoms with van der Waals surface area (Å²) in [6.07, 6.45) is 6.37. The molecule has 2 aromatic rings. The lowest BCUT2D eigenvalue weighted by atomic mass is 10.1. The molecule has 6 nitrogen and oxygen atoms in total. The van der Waals surface area contributed by atoms with Crippen molar-refractivity contribution in [3.63, 3.8) is 0 Å². The summed E-state index contributed by atoms with van der Waals surface area (Å²) in [4.78, 5) is 7.90. The van der Waals surface area contributed by atoms with E-state index in [4.69, 9.17) is 22.1 Å². The molecule has 0 aromatic carbocycles. The summed E-state index contributed by atoms with van der Waals surface area (Å²) < 4.78 is 6.77. The minimum absolute atomic E-state index is 0.405. The first kappa shape index (κ1) is 12.9. The zero-order valence-corrected chi connectivity index (χ0v) is 10.7. The van der Waals surface area contributed by atoms with Gasteiger partial charge in [-0.25, -0.2) is 9.97 Å². The lowest BCUT2D eigenvalue weighted by molar-refractivity contribution is 0.182. The van der Waals surface area contributed by atoms with Crippen LogP contribution in [0.3, 0.4) is 0 Å². The van der Waals surface area contributed by atoms with Gasteiger partial charge in [0.15, 0.2) is 0 Å². The highest BCUT2D eigenvalue weighted by molar-refractivity contribution is 6.31. The van der Waals surface area contributed by atoms with Crippen LogP contribution in [0, 0.1) is 0 Å². The van der Waals surface area contributed by atoms with Crippen LogP contribution in [0.15, 0.2) is 24.9 Å². The van der Waals surface area contributed by atoms with Gasteiger partial charge in [-0.3, -0.25) is 4.68 Å². The van der Waals surface area contributed by atoms with Crippen LogP contribution in [-0.2, 0) is 11.3 Å². The van der Waals surface area contributed by atoms with Crippen LogP contribution in [0.1, 0.15) is 17.3 Å². The number of ether oxygens (including phenoxy) is 1. The Bertz CT molecular complexity index is 501. The van der Waals surface area contributed by atoms with E-state index < -0.39 is 6.04 Å². The van der Waals surface area contributed by atoms with Gasteiger partial charge in [0.1, 0.15) is 6.33 Å². The third kappa shape index (κ3) is 2.66. The monoisotopic (exact) mass is 267 g/mol. The quantitative estimate of drug-likeness (QED) is 0.875. The Kier molecular flexibility index (Phi) is 4.24. The molecule has 0 bridgehead atoms. The summed E-state index contributed by atoms with van der Waals surface area (Å²) in [5.41, 5.74) is 7.70. The third-order valence-corrected chi connectivity index (χ3v) is 2.87. The Morgan fingerprint density at radius 1 is 1.39 bits per heavy atom.